The molecule has 0 radical (unpaired) electrons. The lowest BCUT2D eigenvalue weighted by Gasteiger charge is -2.26. The first kappa shape index (κ1) is 12.6. The molecule has 0 spiro atoms. The normalized spacial score (nSPS) is 15.7. The maximum absolute atomic E-state index is 12.3. The van der Waals surface area contributed by atoms with Crippen LogP contribution in [0.1, 0.15) is 29.4 Å². The van der Waals surface area contributed by atoms with Crippen LogP contribution >= 0.6 is 0 Å². The summed E-state index contributed by atoms with van der Waals surface area (Å²) in [7, 11) is 0. The Morgan fingerprint density at radius 2 is 2.33 bits per heavy atom. The van der Waals surface area contributed by atoms with Gasteiger partial charge in [-0.1, -0.05) is 6.92 Å². The number of hydrogen-bond donors (Lipinski definition) is 1. The lowest BCUT2D eigenvalue weighted by molar-refractivity contribution is -0.123. The van der Waals surface area contributed by atoms with Gasteiger partial charge in [-0.25, -0.2) is 0 Å². The van der Waals surface area contributed by atoms with E-state index in [9.17, 15) is 9.59 Å². The van der Waals surface area contributed by atoms with E-state index in [1.165, 1.54) is 0 Å². The Labute approximate surface area is 106 Å². The van der Waals surface area contributed by atoms with Gasteiger partial charge in [0.05, 0.1) is 18.3 Å². The van der Waals surface area contributed by atoms with Crippen LogP contribution in [0.3, 0.4) is 0 Å². The van der Waals surface area contributed by atoms with Crippen molar-refractivity contribution in [1.82, 2.24) is 20.0 Å². The van der Waals surface area contributed by atoms with Crippen molar-refractivity contribution in [3.63, 3.8) is 0 Å². The molecule has 0 aliphatic carbocycles. The van der Waals surface area contributed by atoms with Gasteiger partial charge in [-0.15, -0.1) is 0 Å². The van der Waals surface area contributed by atoms with Crippen LogP contribution in [-0.2, 0) is 11.3 Å². The number of hydrogen-bond acceptors (Lipinski definition) is 3. The number of rotatable bonds is 3. The monoisotopic (exact) mass is 250 g/mol. The summed E-state index contributed by atoms with van der Waals surface area (Å²) in [6.45, 7) is 5.98. The molecule has 1 fully saturated rings. The van der Waals surface area contributed by atoms with Gasteiger partial charge in [0.15, 0.2) is 0 Å². The highest BCUT2D eigenvalue weighted by atomic mass is 16.2. The third-order valence-corrected chi connectivity index (χ3v) is 3.09. The first-order valence-corrected chi connectivity index (χ1v) is 6.22. The predicted molar refractivity (Wildman–Crippen MR) is 66.2 cm³/mol. The molecule has 6 heteroatoms. The lowest BCUT2D eigenvalue weighted by atomic mass is 10.2. The molecule has 2 heterocycles. The zero-order chi connectivity index (χ0) is 13.1. The molecule has 0 bridgehead atoms. The fourth-order valence-corrected chi connectivity index (χ4v) is 2.08. The fourth-order valence-electron chi connectivity index (χ4n) is 2.08. The van der Waals surface area contributed by atoms with Crippen molar-refractivity contribution in [3.8, 4) is 0 Å². The topological polar surface area (TPSA) is 67.2 Å². The Morgan fingerprint density at radius 3 is 3.00 bits per heavy atom. The summed E-state index contributed by atoms with van der Waals surface area (Å²) in [5.41, 5.74) is 1.46. The predicted octanol–water partition coefficient (Wildman–Crippen LogP) is 0.174. The number of carbonyl (C=O) groups is 2. The zero-order valence-corrected chi connectivity index (χ0v) is 10.8. The molecule has 0 atom stereocenters. The highest BCUT2D eigenvalue weighted by molar-refractivity contribution is 5.97. The van der Waals surface area contributed by atoms with Crippen molar-refractivity contribution < 1.29 is 9.59 Å². The quantitative estimate of drug-likeness (QED) is 0.831. The molecule has 1 saturated heterocycles. The van der Waals surface area contributed by atoms with Crippen molar-refractivity contribution >= 4 is 11.8 Å². The van der Waals surface area contributed by atoms with Crippen LogP contribution in [0.4, 0.5) is 0 Å². The van der Waals surface area contributed by atoms with Gasteiger partial charge in [0.1, 0.15) is 0 Å². The van der Waals surface area contributed by atoms with E-state index >= 15 is 0 Å². The number of piperazine rings is 1. The fraction of sp³-hybridized carbons (Fsp3) is 0.583. The zero-order valence-electron chi connectivity index (χ0n) is 10.8. The Morgan fingerprint density at radius 1 is 1.56 bits per heavy atom. The van der Waals surface area contributed by atoms with E-state index in [4.69, 9.17) is 0 Å². The maximum Gasteiger partial charge on any atom is 0.257 e. The van der Waals surface area contributed by atoms with Crippen molar-refractivity contribution in [3.05, 3.63) is 17.5 Å². The van der Waals surface area contributed by atoms with Crippen molar-refractivity contribution in [2.45, 2.75) is 26.8 Å². The van der Waals surface area contributed by atoms with Crippen LogP contribution < -0.4 is 5.32 Å². The van der Waals surface area contributed by atoms with E-state index in [1.54, 1.807) is 11.1 Å². The van der Waals surface area contributed by atoms with E-state index in [2.05, 4.69) is 17.3 Å². The molecule has 18 heavy (non-hydrogen) atoms. The largest absolute Gasteiger partial charge is 0.353 e. The van der Waals surface area contributed by atoms with Gasteiger partial charge in [-0.05, 0) is 13.3 Å². The first-order valence-electron chi connectivity index (χ1n) is 6.22. The summed E-state index contributed by atoms with van der Waals surface area (Å²) in [6, 6.07) is 0. The number of aromatic nitrogens is 2. The van der Waals surface area contributed by atoms with Gasteiger partial charge in [0, 0.05) is 25.3 Å². The summed E-state index contributed by atoms with van der Waals surface area (Å²) >= 11 is 0. The van der Waals surface area contributed by atoms with Crippen LogP contribution in [0.2, 0.25) is 0 Å². The van der Waals surface area contributed by atoms with Gasteiger partial charge in [0.2, 0.25) is 5.91 Å². The number of nitrogens with one attached hydrogen (secondary N) is 1. The molecule has 1 aliphatic rings. The van der Waals surface area contributed by atoms with E-state index in [1.807, 2.05) is 11.6 Å². The molecule has 2 amide bonds. The molecule has 1 aromatic rings. The van der Waals surface area contributed by atoms with Crippen LogP contribution in [0.15, 0.2) is 6.20 Å². The SMILES string of the molecule is CCCn1ncc(C(=O)N2CCNC(=O)C2)c1C. The summed E-state index contributed by atoms with van der Waals surface area (Å²) in [4.78, 5) is 25.1. The Balaban J connectivity index is 2.15. The van der Waals surface area contributed by atoms with Gasteiger partial charge < -0.3 is 10.2 Å². The van der Waals surface area contributed by atoms with Crippen LogP contribution in [0.5, 0.6) is 0 Å². The van der Waals surface area contributed by atoms with Crippen molar-refractivity contribution in [1.29, 1.82) is 0 Å². The molecular weight excluding hydrogens is 232 g/mol. The molecule has 6 nitrogen and oxygen atoms in total. The van der Waals surface area contributed by atoms with Gasteiger partial charge in [0.25, 0.3) is 5.91 Å². The highest BCUT2D eigenvalue weighted by Crippen LogP contribution is 2.12. The van der Waals surface area contributed by atoms with Gasteiger partial charge in [-0.2, -0.15) is 5.10 Å². The first-order chi connectivity index (χ1) is 8.63. The number of nitrogens with zero attached hydrogens (tertiary/aromatic N) is 3. The lowest BCUT2D eigenvalue weighted by Crippen LogP contribution is -2.50. The average molecular weight is 250 g/mol. The minimum absolute atomic E-state index is 0.104. The number of amides is 2. The standard InChI is InChI=1S/C12H18N4O2/c1-3-5-16-9(2)10(7-14-16)12(18)15-6-4-13-11(17)8-15/h7H,3-6,8H2,1-2H3,(H,13,17). The minimum atomic E-state index is -0.107. The summed E-state index contributed by atoms with van der Waals surface area (Å²) in [5, 5.41) is 6.91. The maximum atomic E-state index is 12.3. The van der Waals surface area contributed by atoms with Gasteiger partial charge >= 0.3 is 0 Å². The Hall–Kier alpha value is -1.85. The van der Waals surface area contributed by atoms with Crippen LogP contribution in [-0.4, -0.2) is 46.1 Å². The van der Waals surface area contributed by atoms with E-state index in [0.717, 1.165) is 18.7 Å². The minimum Gasteiger partial charge on any atom is -0.353 e. The Kier molecular flexibility index (Phi) is 3.64. The highest BCUT2D eigenvalue weighted by Gasteiger charge is 2.24. The van der Waals surface area contributed by atoms with Crippen LogP contribution in [0.25, 0.3) is 0 Å². The summed E-state index contributed by atoms with van der Waals surface area (Å²) in [6.07, 6.45) is 2.57. The summed E-state index contributed by atoms with van der Waals surface area (Å²) < 4.78 is 1.83. The third-order valence-electron chi connectivity index (χ3n) is 3.09. The molecule has 98 valence electrons. The molecule has 1 aromatic heterocycles. The number of carbonyl (C=O) groups excluding carboxylic acids is 2. The molecular formula is C12H18N4O2. The average Bonchev–Trinajstić information content (AvgIpc) is 2.71. The molecule has 0 aromatic carbocycles. The number of aryl methyl sites for hydroxylation is 1. The third kappa shape index (κ3) is 2.37. The molecule has 2 rings (SSSR count). The van der Waals surface area contributed by atoms with Crippen LogP contribution in [0, 0.1) is 6.92 Å². The van der Waals surface area contributed by atoms with Crippen molar-refractivity contribution in [2.75, 3.05) is 19.6 Å². The smallest absolute Gasteiger partial charge is 0.257 e. The van der Waals surface area contributed by atoms with E-state index < -0.39 is 0 Å². The second kappa shape index (κ2) is 5.20. The van der Waals surface area contributed by atoms with E-state index in [-0.39, 0.29) is 18.4 Å². The molecule has 1 aliphatic heterocycles. The van der Waals surface area contributed by atoms with E-state index in [0.29, 0.717) is 18.7 Å². The second-order valence-electron chi connectivity index (χ2n) is 4.44. The molecule has 0 unspecified atom stereocenters. The van der Waals surface area contributed by atoms with Gasteiger partial charge in [-0.3, -0.25) is 14.3 Å². The van der Waals surface area contributed by atoms with Crippen molar-refractivity contribution in [2.24, 2.45) is 0 Å². The molecule has 0 saturated carbocycles. The second-order valence-corrected chi connectivity index (χ2v) is 4.44. The Bertz CT molecular complexity index is 467. The molecule has 1 N–H and O–H groups in total. The summed E-state index contributed by atoms with van der Waals surface area (Å²) in [5.74, 6) is -0.210.